The van der Waals surface area contributed by atoms with Gasteiger partial charge in [-0.3, -0.25) is 4.79 Å². The van der Waals surface area contributed by atoms with Crippen LogP contribution in [0.3, 0.4) is 0 Å². The molecule has 2 unspecified atom stereocenters. The molecule has 3 rings (SSSR count). The second kappa shape index (κ2) is 2.59. The molecule has 86 valence electrons. The van der Waals surface area contributed by atoms with Crippen LogP contribution in [0, 0.1) is 29.1 Å². The summed E-state index contributed by atoms with van der Waals surface area (Å²) in [6.07, 6.45) is 8.15. The minimum absolute atomic E-state index is 0.0185. The van der Waals surface area contributed by atoms with Crippen LogP contribution >= 0.6 is 0 Å². The fourth-order valence-electron chi connectivity index (χ4n) is 4.15. The van der Waals surface area contributed by atoms with Crippen molar-refractivity contribution in [1.82, 2.24) is 0 Å². The van der Waals surface area contributed by atoms with Gasteiger partial charge in [0.1, 0.15) is 5.41 Å². The zero-order chi connectivity index (χ0) is 11.7. The minimum atomic E-state index is -1.20. The highest BCUT2D eigenvalue weighted by Gasteiger charge is 2.73. The maximum absolute atomic E-state index is 11.7. The second-order valence-electron chi connectivity index (χ2n) is 5.71. The second-order valence-corrected chi connectivity index (χ2v) is 5.71. The molecule has 0 amide bonds. The standard InChI is InChI=1S/C13H16O3/c1-12(2,16)13(11(14)15)8-5-3-7-4-6-9(13)10(7)8/h3-10,16H,1-2H3,(H,14,15). The maximum Gasteiger partial charge on any atom is 0.313 e. The summed E-state index contributed by atoms with van der Waals surface area (Å²) in [5.74, 6) is -0.138. The van der Waals surface area contributed by atoms with Crippen LogP contribution in [0.1, 0.15) is 13.8 Å². The van der Waals surface area contributed by atoms with Crippen molar-refractivity contribution in [3.05, 3.63) is 24.3 Å². The quantitative estimate of drug-likeness (QED) is 0.692. The Hall–Kier alpha value is -1.09. The van der Waals surface area contributed by atoms with E-state index in [-0.39, 0.29) is 11.8 Å². The summed E-state index contributed by atoms with van der Waals surface area (Å²) in [5, 5.41) is 19.8. The topological polar surface area (TPSA) is 57.5 Å². The Kier molecular flexibility index (Phi) is 1.63. The molecule has 0 aromatic rings. The molecule has 0 radical (unpaired) electrons. The van der Waals surface area contributed by atoms with Crippen molar-refractivity contribution in [1.29, 1.82) is 0 Å². The first-order valence-corrected chi connectivity index (χ1v) is 5.73. The number of hydrogen-bond acceptors (Lipinski definition) is 2. The molecule has 3 nitrogen and oxygen atoms in total. The van der Waals surface area contributed by atoms with Crippen molar-refractivity contribution in [3.63, 3.8) is 0 Å². The third-order valence-electron chi connectivity index (χ3n) is 4.77. The van der Waals surface area contributed by atoms with Gasteiger partial charge in [-0.1, -0.05) is 24.3 Å². The fraction of sp³-hybridized carbons (Fsp3) is 0.615. The van der Waals surface area contributed by atoms with E-state index < -0.39 is 17.0 Å². The van der Waals surface area contributed by atoms with Crippen LogP contribution in [0.25, 0.3) is 0 Å². The lowest BCUT2D eigenvalue weighted by Crippen LogP contribution is -2.68. The molecule has 2 N–H and O–H groups in total. The Bertz CT molecular complexity index is 391. The molecule has 0 bridgehead atoms. The highest BCUT2D eigenvalue weighted by molar-refractivity contribution is 5.81. The number of aliphatic hydroxyl groups is 1. The molecule has 0 saturated heterocycles. The van der Waals surface area contributed by atoms with Gasteiger partial charge in [0.05, 0.1) is 5.60 Å². The molecule has 0 heterocycles. The largest absolute Gasteiger partial charge is 0.481 e. The lowest BCUT2D eigenvalue weighted by molar-refractivity contribution is -0.215. The first-order valence-electron chi connectivity index (χ1n) is 5.73. The van der Waals surface area contributed by atoms with E-state index in [0.29, 0.717) is 11.8 Å². The molecule has 1 saturated carbocycles. The van der Waals surface area contributed by atoms with Crippen LogP contribution < -0.4 is 0 Å². The van der Waals surface area contributed by atoms with Crippen LogP contribution in [-0.2, 0) is 4.79 Å². The van der Waals surface area contributed by atoms with Gasteiger partial charge in [0.2, 0.25) is 0 Å². The first kappa shape index (κ1) is 10.1. The Labute approximate surface area is 94.5 Å². The van der Waals surface area contributed by atoms with Gasteiger partial charge in [0.15, 0.2) is 0 Å². The molecular formula is C13H16O3. The smallest absolute Gasteiger partial charge is 0.313 e. The normalized spacial score (nSPS) is 47.9. The van der Waals surface area contributed by atoms with Crippen LogP contribution in [0.15, 0.2) is 24.3 Å². The Balaban J connectivity index is 2.14. The predicted molar refractivity (Wildman–Crippen MR) is 58.6 cm³/mol. The van der Waals surface area contributed by atoms with Crippen molar-refractivity contribution in [2.75, 3.05) is 0 Å². The summed E-state index contributed by atoms with van der Waals surface area (Å²) in [6, 6.07) is 0. The van der Waals surface area contributed by atoms with Crippen LogP contribution in [0.4, 0.5) is 0 Å². The van der Waals surface area contributed by atoms with Gasteiger partial charge in [0.25, 0.3) is 0 Å². The molecule has 16 heavy (non-hydrogen) atoms. The van der Waals surface area contributed by atoms with Crippen molar-refractivity contribution >= 4 is 5.97 Å². The van der Waals surface area contributed by atoms with E-state index in [4.69, 9.17) is 0 Å². The molecule has 1 fully saturated rings. The number of carboxylic acids is 1. The van der Waals surface area contributed by atoms with E-state index in [9.17, 15) is 15.0 Å². The van der Waals surface area contributed by atoms with Gasteiger partial charge < -0.3 is 10.2 Å². The van der Waals surface area contributed by atoms with E-state index >= 15 is 0 Å². The van der Waals surface area contributed by atoms with E-state index in [1.807, 2.05) is 12.2 Å². The average molecular weight is 220 g/mol. The van der Waals surface area contributed by atoms with Crippen LogP contribution in [0.5, 0.6) is 0 Å². The number of carbonyl (C=O) groups is 1. The molecule has 0 aromatic heterocycles. The number of hydrogen-bond donors (Lipinski definition) is 2. The zero-order valence-electron chi connectivity index (χ0n) is 9.42. The summed E-state index contributed by atoms with van der Waals surface area (Å²) >= 11 is 0. The summed E-state index contributed by atoms with van der Waals surface area (Å²) in [5.41, 5.74) is -2.23. The Morgan fingerprint density at radius 1 is 1.19 bits per heavy atom. The number of rotatable bonds is 2. The van der Waals surface area contributed by atoms with Gasteiger partial charge in [-0.2, -0.15) is 0 Å². The van der Waals surface area contributed by atoms with Crippen molar-refractivity contribution in [2.24, 2.45) is 29.1 Å². The Morgan fingerprint density at radius 3 is 2.06 bits per heavy atom. The van der Waals surface area contributed by atoms with Crippen LogP contribution in [0.2, 0.25) is 0 Å². The van der Waals surface area contributed by atoms with Gasteiger partial charge in [-0.25, -0.2) is 0 Å². The van der Waals surface area contributed by atoms with Crippen molar-refractivity contribution in [2.45, 2.75) is 19.4 Å². The monoisotopic (exact) mass is 220 g/mol. The van der Waals surface area contributed by atoms with Gasteiger partial charge in [-0.15, -0.1) is 0 Å². The number of aliphatic carboxylic acids is 1. The zero-order valence-corrected chi connectivity index (χ0v) is 9.42. The van der Waals surface area contributed by atoms with Gasteiger partial charge in [0, 0.05) is 11.8 Å². The lowest BCUT2D eigenvalue weighted by Gasteiger charge is -2.59. The minimum Gasteiger partial charge on any atom is -0.481 e. The van der Waals surface area contributed by atoms with Crippen LogP contribution in [-0.4, -0.2) is 21.8 Å². The summed E-state index contributed by atoms with van der Waals surface area (Å²) in [6.45, 7) is 3.23. The third-order valence-corrected chi connectivity index (χ3v) is 4.77. The molecule has 0 aliphatic heterocycles. The number of allylic oxidation sites excluding steroid dienone is 4. The predicted octanol–water partition coefficient (Wildman–Crippen LogP) is 1.45. The molecule has 2 atom stereocenters. The first-order chi connectivity index (χ1) is 7.40. The van der Waals surface area contributed by atoms with Crippen molar-refractivity contribution in [3.8, 4) is 0 Å². The van der Waals surface area contributed by atoms with E-state index in [1.165, 1.54) is 0 Å². The number of carboxylic acid groups (broad SMARTS) is 1. The van der Waals surface area contributed by atoms with Crippen molar-refractivity contribution < 1.29 is 15.0 Å². The van der Waals surface area contributed by atoms with E-state index in [1.54, 1.807) is 13.8 Å². The third kappa shape index (κ3) is 0.798. The highest BCUT2D eigenvalue weighted by Crippen LogP contribution is 2.69. The SMILES string of the molecule is CC(C)(O)C1(C(=O)O)C2C=CC3C=CC1C32. The molecule has 3 heteroatoms. The molecule has 3 aliphatic carbocycles. The van der Waals surface area contributed by atoms with E-state index in [2.05, 4.69) is 12.2 Å². The van der Waals surface area contributed by atoms with Gasteiger partial charge in [-0.05, 0) is 25.7 Å². The Morgan fingerprint density at radius 2 is 1.69 bits per heavy atom. The van der Waals surface area contributed by atoms with E-state index in [0.717, 1.165) is 0 Å². The summed E-state index contributed by atoms with van der Waals surface area (Å²) < 4.78 is 0. The lowest BCUT2D eigenvalue weighted by atomic mass is 9.43. The molecular weight excluding hydrogens is 204 g/mol. The molecule has 3 aliphatic rings. The molecule has 0 spiro atoms. The fourth-order valence-corrected chi connectivity index (χ4v) is 4.15. The summed E-state index contributed by atoms with van der Waals surface area (Å²) in [4.78, 5) is 11.7. The molecule has 0 aromatic carbocycles. The highest BCUT2D eigenvalue weighted by atomic mass is 16.4. The average Bonchev–Trinajstić information content (AvgIpc) is 2.52. The summed E-state index contributed by atoms with van der Waals surface area (Å²) in [7, 11) is 0. The maximum atomic E-state index is 11.7. The van der Waals surface area contributed by atoms with Gasteiger partial charge >= 0.3 is 5.97 Å².